The molecule has 12 heteroatoms. The number of aromatic nitrogens is 1. The summed E-state index contributed by atoms with van der Waals surface area (Å²) >= 11 is -0.508. The number of hydrogen-bond acceptors (Lipinski definition) is 5. The fourth-order valence-electron chi connectivity index (χ4n) is 4.70. The second-order valence-electron chi connectivity index (χ2n) is 10.9. The Morgan fingerprint density at radius 2 is 1.72 bits per heavy atom. The van der Waals surface area contributed by atoms with E-state index in [1.165, 1.54) is 0 Å². The van der Waals surface area contributed by atoms with E-state index in [1.807, 2.05) is 0 Å². The number of methoxy groups -OCH3 is 1. The normalized spacial score (nSPS) is 25.5. The molecule has 1 amide bonds. The lowest BCUT2D eigenvalue weighted by atomic mass is 10.00. The maximum absolute atomic E-state index is 15.8. The second-order valence-corrected chi connectivity index (χ2v) is 11.7. The third-order valence-corrected chi connectivity index (χ3v) is 8.09. The van der Waals surface area contributed by atoms with Crippen LogP contribution in [0.2, 0.25) is 0 Å². The first kappa shape index (κ1) is 19.7. The van der Waals surface area contributed by atoms with E-state index >= 15 is 9.18 Å². The molecule has 0 aliphatic carbocycles. The van der Waals surface area contributed by atoms with Gasteiger partial charge >= 0.3 is 6.18 Å². The highest BCUT2D eigenvalue weighted by molar-refractivity contribution is 7.98. The van der Waals surface area contributed by atoms with Gasteiger partial charge in [-0.25, -0.2) is 8.78 Å². The van der Waals surface area contributed by atoms with Crippen molar-refractivity contribution in [3.8, 4) is 11.1 Å². The Hall–Kier alpha value is -4.52. The molecular formula is C41H40F5N3O3S. The highest BCUT2D eigenvalue weighted by atomic mass is 32.2. The van der Waals surface area contributed by atoms with Crippen LogP contribution in [0.25, 0.3) is 22.0 Å². The molecule has 5 aromatic rings. The lowest BCUT2D eigenvalue weighted by molar-refractivity contribution is -0.137. The van der Waals surface area contributed by atoms with Crippen LogP contribution in [0.1, 0.15) is 63.8 Å². The summed E-state index contributed by atoms with van der Waals surface area (Å²) in [6.45, 7) is -21.1. The van der Waals surface area contributed by atoms with Crippen molar-refractivity contribution >= 4 is 28.6 Å². The van der Waals surface area contributed by atoms with Crippen molar-refractivity contribution in [2.45, 2.75) is 55.6 Å². The first-order valence-corrected chi connectivity index (χ1v) is 16.0. The van der Waals surface area contributed by atoms with Gasteiger partial charge in [0.05, 0.1) is 37.7 Å². The van der Waals surface area contributed by atoms with Gasteiger partial charge in [-0.15, -0.1) is 11.8 Å². The molecule has 6 rings (SSSR count). The average Bonchev–Trinajstić information content (AvgIpc) is 3.30. The van der Waals surface area contributed by atoms with Crippen LogP contribution in [0.4, 0.5) is 22.0 Å². The van der Waals surface area contributed by atoms with E-state index < -0.39 is 172 Å². The summed E-state index contributed by atoms with van der Waals surface area (Å²) in [5.74, 6) is -6.27. The number of carbonyl (C=O) groups excluding carboxylic acids is 1. The fourth-order valence-corrected chi connectivity index (χ4v) is 5.43. The van der Waals surface area contributed by atoms with E-state index in [2.05, 4.69) is 4.74 Å². The van der Waals surface area contributed by atoms with E-state index in [0.717, 1.165) is 56.5 Å². The number of fused-ring (bicyclic) bond motifs is 1. The monoisotopic (exact) mass is 770 g/mol. The number of likely N-dealkylation sites (tertiary alicyclic amines) is 1. The molecule has 4 aromatic carbocycles. The van der Waals surface area contributed by atoms with Gasteiger partial charge in [0.1, 0.15) is 6.50 Å². The smallest absolute Gasteiger partial charge is 0.383 e. The maximum atomic E-state index is 15.8. The highest BCUT2D eigenvalue weighted by Crippen LogP contribution is 2.32. The van der Waals surface area contributed by atoms with Crippen molar-refractivity contribution in [3.05, 3.63) is 135 Å². The quantitative estimate of drug-likeness (QED) is 0.0940. The van der Waals surface area contributed by atoms with E-state index in [4.69, 9.17) is 16.4 Å². The molecular weight excluding hydrogens is 710 g/mol. The molecule has 0 spiro atoms. The van der Waals surface area contributed by atoms with Gasteiger partial charge in [0, 0.05) is 75.6 Å². The van der Waals surface area contributed by atoms with Crippen molar-refractivity contribution in [1.29, 1.82) is 0 Å². The standard InChI is InChI=1S/C41H40F5N3O3S/c1-27-6-15-36-34(22-27)37(50)23-39(53-26-31-4-3-5-35(42)40(31)43)49(36)25-38(51)48(33-16-18-47(19-17-33)20-21-52-2)24-28-7-9-29(10-8-28)30-11-13-32(14-12-30)41(44,45)46/h3-15,22-23,33H,16-21,24-26H2,1-2H3/i6D,15D,16D2,17D2,18D2,19D2,21D2,22D,23D,24D2,25D2,26D2,33D. The third-order valence-electron chi connectivity index (χ3n) is 7.29. The number of piperidine rings is 1. The molecule has 1 fully saturated rings. The maximum Gasteiger partial charge on any atom is 0.416 e. The number of ether oxygens (including phenoxy) is 1. The Bertz CT molecular complexity index is 3100. The number of amides is 1. The zero-order chi connectivity index (χ0) is 56.4. The SMILES string of the molecule is [2H]c1c(C)c([2H])c2c(=O)c([2H])c(SC([2H])([2H])c3cccc(F)c3F)n(C([2H])([2H])C(=O)N(C([2H])([2H])c3ccc(-c4ccc(C(F)(F)F)cc4)cc3)C3([2H])C([2H])([2H])C([2H])([2H])N(CC([2H])([2H])OC)C([2H])([2H])C3([2H])[2H])c2c1[2H]. The number of hydrogen-bond donors (Lipinski definition) is 0. The first-order valence-electron chi connectivity index (χ1n) is 25.7. The molecule has 0 saturated carbocycles. The summed E-state index contributed by atoms with van der Waals surface area (Å²) in [5.41, 5.74) is -10.1. The van der Waals surface area contributed by atoms with Crippen molar-refractivity contribution < 1.29 is 60.3 Å². The van der Waals surface area contributed by atoms with Crippen LogP contribution in [0.15, 0.2) is 101 Å². The zero-order valence-electron chi connectivity index (χ0n) is 48.4. The molecule has 1 aliphatic heterocycles. The van der Waals surface area contributed by atoms with Gasteiger partial charge < -0.3 is 19.1 Å². The number of pyridine rings is 1. The molecule has 1 aliphatic rings. The van der Waals surface area contributed by atoms with Crippen LogP contribution in [-0.4, -0.2) is 59.5 Å². The van der Waals surface area contributed by atoms with Gasteiger partial charge in [-0.1, -0.05) is 60.1 Å². The third kappa shape index (κ3) is 9.17. The summed E-state index contributed by atoms with van der Waals surface area (Å²) in [4.78, 5) is 28.6. The lowest BCUT2D eigenvalue weighted by Crippen LogP contribution is -2.48. The van der Waals surface area contributed by atoms with Gasteiger partial charge in [-0.2, -0.15) is 13.2 Å². The minimum atomic E-state index is -4.85. The minimum Gasteiger partial charge on any atom is -0.383 e. The van der Waals surface area contributed by atoms with Crippen molar-refractivity contribution in [2.24, 2.45) is 0 Å². The number of halogens is 5. The Kier molecular flexibility index (Phi) is 6.19. The fraction of sp³-hybridized carbons (Fsp3) is 0.317. The van der Waals surface area contributed by atoms with Crippen molar-refractivity contribution in [2.75, 3.05) is 33.2 Å². The number of carbonyl (C=O) groups is 1. The number of nitrogens with zero attached hydrogens (tertiary/aromatic N) is 3. The first-order chi connectivity index (χ1) is 33.5. The Labute approximate surface area is 338 Å². The summed E-state index contributed by atoms with van der Waals surface area (Å²) in [6.07, 6.45) is -14.0. The molecule has 0 atom stereocenters. The van der Waals surface area contributed by atoms with Gasteiger partial charge in [-0.05, 0) is 66.6 Å². The average molecular weight is 771 g/mol. The van der Waals surface area contributed by atoms with Gasteiger partial charge in [-0.3, -0.25) is 9.59 Å². The Balaban J connectivity index is 1.75. The van der Waals surface area contributed by atoms with Crippen LogP contribution in [-0.2, 0) is 34.4 Å². The van der Waals surface area contributed by atoms with Crippen LogP contribution >= 0.6 is 11.8 Å². The van der Waals surface area contributed by atoms with Crippen LogP contribution in [0.5, 0.6) is 0 Å². The van der Waals surface area contributed by atoms with Gasteiger partial charge in [0.15, 0.2) is 17.1 Å². The van der Waals surface area contributed by atoms with Crippen LogP contribution < -0.4 is 5.43 Å². The number of rotatable bonds is 12. The molecule has 0 unspecified atom stereocenters. The molecule has 2 heterocycles. The zero-order valence-corrected chi connectivity index (χ0v) is 28.2. The molecule has 1 saturated heterocycles. The number of benzene rings is 4. The molecule has 0 N–H and O–H groups in total. The van der Waals surface area contributed by atoms with Crippen molar-refractivity contribution in [1.82, 2.24) is 14.4 Å². The van der Waals surface area contributed by atoms with Crippen LogP contribution in [0, 0.1) is 18.6 Å². The number of thioether (sulfide) groups is 1. The molecule has 0 radical (unpaired) electrons. The summed E-state index contributed by atoms with van der Waals surface area (Å²) in [7, 11) is 0.722. The van der Waals surface area contributed by atoms with E-state index in [-0.39, 0.29) is 20.6 Å². The Morgan fingerprint density at radius 1 is 1.04 bits per heavy atom. The molecule has 6 nitrogen and oxygen atoms in total. The largest absolute Gasteiger partial charge is 0.416 e. The molecule has 0 bridgehead atoms. The summed E-state index contributed by atoms with van der Waals surface area (Å²) in [6, 6.07) is -0.722. The second kappa shape index (κ2) is 16.7. The topological polar surface area (TPSA) is 54.8 Å². The van der Waals surface area contributed by atoms with Gasteiger partial charge in [0.25, 0.3) is 0 Å². The lowest BCUT2D eigenvalue weighted by Gasteiger charge is -2.39. The molecule has 53 heavy (non-hydrogen) atoms. The van der Waals surface area contributed by atoms with E-state index in [0.29, 0.717) is 24.3 Å². The molecule has 278 valence electrons. The Morgan fingerprint density at radius 3 is 2.38 bits per heavy atom. The molecule has 1 aromatic heterocycles. The summed E-state index contributed by atoms with van der Waals surface area (Å²) in [5, 5.41) is -2.61. The highest BCUT2D eigenvalue weighted by Gasteiger charge is 2.31. The predicted octanol–water partition coefficient (Wildman–Crippen LogP) is 8.71. The minimum absolute atomic E-state index is 0.00940. The van der Waals surface area contributed by atoms with E-state index in [1.54, 1.807) is 0 Å². The van der Waals surface area contributed by atoms with Gasteiger partial charge in [0.2, 0.25) is 5.91 Å². The van der Waals surface area contributed by atoms with Crippen LogP contribution in [0.3, 0.4) is 0 Å². The predicted molar refractivity (Wildman–Crippen MR) is 198 cm³/mol. The van der Waals surface area contributed by atoms with Crippen molar-refractivity contribution in [3.63, 3.8) is 0 Å². The number of alkyl halides is 3. The summed E-state index contributed by atoms with van der Waals surface area (Å²) < 4.78 is 265. The van der Waals surface area contributed by atoms with E-state index in [9.17, 15) is 34.7 Å².